The molecule has 0 aromatic heterocycles. The SMILES string of the molecule is COc1ccc(OCCN2C[C@H]([C@@H](C)O)[C@H]3CCC[C@@H](C2=O)N3S(=O)(=O)c2cc(Cl)cc(Cl)c2)cc1OC. The van der Waals surface area contributed by atoms with Gasteiger partial charge in [-0.1, -0.05) is 23.2 Å². The van der Waals surface area contributed by atoms with Crippen molar-refractivity contribution in [3.63, 3.8) is 0 Å². The topological polar surface area (TPSA) is 106 Å². The number of benzene rings is 2. The Kier molecular flexibility index (Phi) is 8.99. The third-order valence-electron chi connectivity index (χ3n) is 7.15. The van der Waals surface area contributed by atoms with Gasteiger partial charge < -0.3 is 24.2 Å². The molecule has 1 N–H and O–H groups in total. The van der Waals surface area contributed by atoms with Gasteiger partial charge in [0, 0.05) is 34.6 Å². The van der Waals surface area contributed by atoms with Crippen molar-refractivity contribution < 1.29 is 32.5 Å². The predicted molar refractivity (Wildman–Crippen MR) is 144 cm³/mol. The molecule has 2 aliphatic heterocycles. The van der Waals surface area contributed by atoms with Crippen molar-refractivity contribution in [2.75, 3.05) is 33.9 Å². The van der Waals surface area contributed by atoms with Crippen molar-refractivity contribution >= 4 is 39.1 Å². The molecule has 0 saturated carbocycles. The number of amides is 1. The number of aliphatic hydroxyl groups is 1. The number of sulfonamides is 1. The molecule has 2 fully saturated rings. The summed E-state index contributed by atoms with van der Waals surface area (Å²) in [6.45, 7) is 2.22. The minimum Gasteiger partial charge on any atom is -0.493 e. The fraction of sp³-hybridized carbons (Fsp3) is 0.500. The fourth-order valence-corrected chi connectivity index (χ4v) is 7.92. The Hall–Kier alpha value is -2.24. The van der Waals surface area contributed by atoms with Crippen molar-refractivity contribution in [1.29, 1.82) is 0 Å². The van der Waals surface area contributed by atoms with Gasteiger partial charge in [-0.05, 0) is 56.5 Å². The van der Waals surface area contributed by atoms with Crippen LogP contribution >= 0.6 is 23.2 Å². The van der Waals surface area contributed by atoms with Gasteiger partial charge >= 0.3 is 0 Å². The monoisotopic (exact) mass is 586 g/mol. The van der Waals surface area contributed by atoms with Crippen LogP contribution < -0.4 is 14.2 Å². The first kappa shape index (κ1) is 28.8. The van der Waals surface area contributed by atoms with Gasteiger partial charge in [0.15, 0.2) is 11.5 Å². The maximum Gasteiger partial charge on any atom is 0.244 e. The van der Waals surface area contributed by atoms with Crippen LogP contribution in [0.5, 0.6) is 17.2 Å². The van der Waals surface area contributed by atoms with Gasteiger partial charge in [-0.15, -0.1) is 0 Å². The molecule has 0 radical (unpaired) electrons. The summed E-state index contributed by atoms with van der Waals surface area (Å²) in [7, 11) is -1.07. The summed E-state index contributed by atoms with van der Waals surface area (Å²) in [5.74, 6) is 0.815. The van der Waals surface area contributed by atoms with Crippen LogP contribution in [0.25, 0.3) is 0 Å². The smallest absolute Gasteiger partial charge is 0.244 e. The van der Waals surface area contributed by atoms with E-state index in [1.54, 1.807) is 37.1 Å². The van der Waals surface area contributed by atoms with Crippen molar-refractivity contribution in [3.05, 3.63) is 46.4 Å². The molecular weight excluding hydrogens is 555 g/mol. The lowest BCUT2D eigenvalue weighted by Crippen LogP contribution is -2.55. The summed E-state index contributed by atoms with van der Waals surface area (Å²) in [4.78, 5) is 15.3. The lowest BCUT2D eigenvalue weighted by atomic mass is 9.87. The van der Waals surface area contributed by atoms with Gasteiger partial charge in [-0.25, -0.2) is 8.42 Å². The second-order valence-corrected chi connectivity index (χ2v) is 12.2. The van der Waals surface area contributed by atoms with E-state index in [-0.39, 0.29) is 40.5 Å². The number of nitrogens with zero attached hydrogens (tertiary/aromatic N) is 2. The van der Waals surface area contributed by atoms with Crippen LogP contribution in [0.15, 0.2) is 41.3 Å². The average Bonchev–Trinajstić information content (AvgIpc) is 2.95. The number of carbonyl (C=O) groups excluding carboxylic acids is 1. The zero-order valence-electron chi connectivity index (χ0n) is 21.5. The molecular formula is C26H32Cl2N2O7S. The maximum absolute atomic E-state index is 13.9. The van der Waals surface area contributed by atoms with E-state index >= 15 is 0 Å². The van der Waals surface area contributed by atoms with Gasteiger partial charge in [0.1, 0.15) is 18.4 Å². The highest BCUT2D eigenvalue weighted by Gasteiger charge is 2.51. The zero-order valence-corrected chi connectivity index (χ0v) is 23.8. The molecule has 2 bridgehead atoms. The minimum atomic E-state index is -4.14. The number of aliphatic hydroxyl groups excluding tert-OH is 1. The van der Waals surface area contributed by atoms with E-state index in [2.05, 4.69) is 0 Å². The largest absolute Gasteiger partial charge is 0.493 e. The molecule has 0 aliphatic carbocycles. The number of piperidine rings is 1. The molecule has 2 aliphatic rings. The summed E-state index contributed by atoms with van der Waals surface area (Å²) >= 11 is 12.2. The number of methoxy groups -OCH3 is 2. The Morgan fingerprint density at radius 1 is 1.05 bits per heavy atom. The van der Waals surface area contributed by atoms with Crippen molar-refractivity contribution in [3.8, 4) is 17.2 Å². The van der Waals surface area contributed by atoms with E-state index in [4.69, 9.17) is 37.4 Å². The summed E-state index contributed by atoms with van der Waals surface area (Å²) in [5, 5.41) is 11.1. The summed E-state index contributed by atoms with van der Waals surface area (Å²) < 4.78 is 45.5. The van der Waals surface area contributed by atoms with Crippen LogP contribution in [0.2, 0.25) is 10.0 Å². The molecule has 0 unspecified atom stereocenters. The van der Waals surface area contributed by atoms with Crippen LogP contribution in [0.1, 0.15) is 26.2 Å². The molecule has 2 aromatic rings. The molecule has 4 rings (SSSR count). The lowest BCUT2D eigenvalue weighted by Gasteiger charge is -2.41. The number of ether oxygens (including phenoxy) is 3. The van der Waals surface area contributed by atoms with E-state index in [0.29, 0.717) is 36.5 Å². The Bertz CT molecular complexity index is 1250. The zero-order chi connectivity index (χ0) is 27.6. The Morgan fingerprint density at radius 3 is 2.37 bits per heavy atom. The molecule has 0 spiro atoms. The van der Waals surface area contributed by atoms with E-state index < -0.39 is 34.1 Å². The van der Waals surface area contributed by atoms with Crippen molar-refractivity contribution in [2.24, 2.45) is 5.92 Å². The van der Waals surface area contributed by atoms with Gasteiger partial charge in [-0.3, -0.25) is 4.79 Å². The third kappa shape index (κ3) is 5.84. The van der Waals surface area contributed by atoms with E-state index in [1.807, 2.05) is 0 Å². The molecule has 2 saturated heterocycles. The van der Waals surface area contributed by atoms with Crippen LogP contribution in [-0.4, -0.2) is 80.7 Å². The number of hydrogen-bond donors (Lipinski definition) is 1. The highest BCUT2D eigenvalue weighted by Crippen LogP contribution is 2.39. The fourth-order valence-electron chi connectivity index (χ4n) is 5.32. The predicted octanol–water partition coefficient (Wildman–Crippen LogP) is 3.84. The molecule has 2 heterocycles. The highest BCUT2D eigenvalue weighted by molar-refractivity contribution is 7.89. The Labute approximate surface area is 233 Å². The van der Waals surface area contributed by atoms with Crippen LogP contribution in [-0.2, 0) is 14.8 Å². The first-order valence-corrected chi connectivity index (χ1v) is 14.6. The van der Waals surface area contributed by atoms with E-state index in [9.17, 15) is 18.3 Å². The molecule has 2 aromatic carbocycles. The third-order valence-corrected chi connectivity index (χ3v) is 9.50. The number of halogens is 2. The highest BCUT2D eigenvalue weighted by atomic mass is 35.5. The second-order valence-electron chi connectivity index (χ2n) is 9.51. The first-order valence-electron chi connectivity index (χ1n) is 12.4. The summed E-state index contributed by atoms with van der Waals surface area (Å²) in [5.41, 5.74) is 0. The molecule has 12 heteroatoms. The number of rotatable bonds is 9. The Morgan fingerprint density at radius 2 is 1.74 bits per heavy atom. The quantitative estimate of drug-likeness (QED) is 0.476. The first-order chi connectivity index (χ1) is 18.1. The molecule has 1 amide bonds. The minimum absolute atomic E-state index is 0.0747. The normalized spacial score (nSPS) is 23.1. The van der Waals surface area contributed by atoms with Gasteiger partial charge in [0.2, 0.25) is 15.9 Å². The summed E-state index contributed by atoms with van der Waals surface area (Å²) in [6, 6.07) is 7.82. The standard InChI is InChI=1S/C26H32Cl2N2O7S/c1-16(31)21-15-29(9-10-37-19-7-8-24(35-2)25(14-19)36-3)26(32)23-6-4-5-22(21)30(23)38(33,34)20-12-17(27)11-18(28)13-20/h7-8,11-14,16,21-23,31H,4-6,9-10,15H2,1-3H3/t16-,21-,22-,23+/m1/s1. The van der Waals surface area contributed by atoms with Gasteiger partial charge in [0.05, 0.1) is 31.8 Å². The number of carbonyl (C=O) groups is 1. The Balaban J connectivity index is 1.60. The second kappa shape index (κ2) is 11.9. The molecule has 9 nitrogen and oxygen atoms in total. The maximum atomic E-state index is 13.9. The number of fused-ring (bicyclic) bond motifs is 2. The van der Waals surface area contributed by atoms with Crippen LogP contribution in [0.3, 0.4) is 0 Å². The van der Waals surface area contributed by atoms with E-state index in [1.165, 1.54) is 29.6 Å². The molecule has 4 atom stereocenters. The van der Waals surface area contributed by atoms with Crippen LogP contribution in [0, 0.1) is 5.92 Å². The van der Waals surface area contributed by atoms with Crippen LogP contribution in [0.4, 0.5) is 0 Å². The number of hydrogen-bond acceptors (Lipinski definition) is 7. The van der Waals surface area contributed by atoms with Gasteiger partial charge in [-0.2, -0.15) is 4.31 Å². The average molecular weight is 588 g/mol. The summed E-state index contributed by atoms with van der Waals surface area (Å²) in [6.07, 6.45) is 0.730. The van der Waals surface area contributed by atoms with Gasteiger partial charge in [0.25, 0.3) is 0 Å². The van der Waals surface area contributed by atoms with Crippen molar-refractivity contribution in [2.45, 2.75) is 49.3 Å². The van der Waals surface area contributed by atoms with Crippen molar-refractivity contribution in [1.82, 2.24) is 9.21 Å². The molecule has 208 valence electrons. The lowest BCUT2D eigenvalue weighted by molar-refractivity contribution is -0.135. The molecule has 38 heavy (non-hydrogen) atoms. The van der Waals surface area contributed by atoms with E-state index in [0.717, 1.165) is 0 Å².